The van der Waals surface area contributed by atoms with Crippen LogP contribution in [0.3, 0.4) is 0 Å². The van der Waals surface area contributed by atoms with Crippen LogP contribution in [0.4, 0.5) is 0 Å². The van der Waals surface area contributed by atoms with Crippen molar-refractivity contribution in [2.75, 3.05) is 5.75 Å². The minimum absolute atomic E-state index is 0.0689. The van der Waals surface area contributed by atoms with Crippen LogP contribution >= 0.6 is 11.8 Å². The van der Waals surface area contributed by atoms with Crippen molar-refractivity contribution in [3.8, 4) is 23.1 Å². The molecule has 158 valence electrons. The van der Waals surface area contributed by atoms with Gasteiger partial charge in [0.15, 0.2) is 5.16 Å². The van der Waals surface area contributed by atoms with Crippen LogP contribution in [0.5, 0.6) is 0 Å². The molecule has 0 atom stereocenters. The zero-order valence-corrected chi connectivity index (χ0v) is 18.1. The molecule has 0 spiro atoms. The second-order valence-electron chi connectivity index (χ2n) is 6.89. The van der Waals surface area contributed by atoms with Gasteiger partial charge in [-0.1, -0.05) is 71.0 Å². The van der Waals surface area contributed by atoms with E-state index >= 15 is 0 Å². The summed E-state index contributed by atoms with van der Waals surface area (Å²) in [4.78, 5) is 16.7. The summed E-state index contributed by atoms with van der Waals surface area (Å²) in [6.07, 6.45) is 0. The Kier molecular flexibility index (Phi) is 6.42. The van der Waals surface area contributed by atoms with Gasteiger partial charge in [-0.05, 0) is 25.5 Å². The molecule has 0 aliphatic carbocycles. The third-order valence-corrected chi connectivity index (χ3v) is 5.56. The van der Waals surface area contributed by atoms with E-state index in [-0.39, 0.29) is 11.7 Å². The molecule has 4 rings (SSSR count). The smallest absolute Gasteiger partial charge is 0.296 e. The van der Waals surface area contributed by atoms with Crippen LogP contribution in [0.1, 0.15) is 18.1 Å². The highest BCUT2D eigenvalue weighted by Crippen LogP contribution is 2.25. The Hall–Kier alpha value is -3.46. The van der Waals surface area contributed by atoms with Crippen molar-refractivity contribution in [2.24, 2.45) is 0 Å². The fraction of sp³-hybridized carbons (Fsp3) is 0.227. The fourth-order valence-electron chi connectivity index (χ4n) is 3.03. The molecular formula is C22H22N6O2S. The van der Waals surface area contributed by atoms with Crippen molar-refractivity contribution in [3.63, 3.8) is 0 Å². The molecular weight excluding hydrogens is 412 g/mol. The Morgan fingerprint density at radius 1 is 1.13 bits per heavy atom. The topological polar surface area (TPSA) is 98.7 Å². The van der Waals surface area contributed by atoms with Crippen LogP contribution in [-0.2, 0) is 17.9 Å². The first-order chi connectivity index (χ1) is 15.1. The van der Waals surface area contributed by atoms with Crippen LogP contribution in [-0.4, -0.2) is 36.6 Å². The van der Waals surface area contributed by atoms with E-state index in [0.29, 0.717) is 35.8 Å². The molecule has 9 heteroatoms. The maximum atomic E-state index is 12.2. The predicted molar refractivity (Wildman–Crippen MR) is 118 cm³/mol. The number of nitrogens with one attached hydrogen (secondary N) is 1. The zero-order valence-electron chi connectivity index (χ0n) is 17.3. The Bertz CT molecular complexity index is 1170. The number of aromatic nitrogens is 5. The molecule has 1 amide bonds. The van der Waals surface area contributed by atoms with Crippen LogP contribution in [0.15, 0.2) is 64.3 Å². The van der Waals surface area contributed by atoms with Crippen molar-refractivity contribution >= 4 is 17.7 Å². The monoisotopic (exact) mass is 434 g/mol. The van der Waals surface area contributed by atoms with Gasteiger partial charge in [0.05, 0.1) is 5.75 Å². The number of hydrogen-bond acceptors (Lipinski definition) is 7. The highest BCUT2D eigenvalue weighted by molar-refractivity contribution is 7.99. The van der Waals surface area contributed by atoms with Crippen molar-refractivity contribution < 1.29 is 9.32 Å². The van der Waals surface area contributed by atoms with Crippen molar-refractivity contribution in [3.05, 3.63) is 65.7 Å². The van der Waals surface area contributed by atoms with Gasteiger partial charge < -0.3 is 9.84 Å². The minimum atomic E-state index is -0.0689. The minimum Gasteiger partial charge on any atom is -0.351 e. The molecule has 2 aromatic heterocycles. The molecule has 0 saturated carbocycles. The van der Waals surface area contributed by atoms with Gasteiger partial charge in [-0.3, -0.25) is 9.36 Å². The van der Waals surface area contributed by atoms with Crippen LogP contribution < -0.4 is 5.32 Å². The summed E-state index contributed by atoms with van der Waals surface area (Å²) in [5, 5.41) is 16.1. The summed E-state index contributed by atoms with van der Waals surface area (Å²) in [6, 6.07) is 17.7. The number of nitrogens with zero attached hydrogens (tertiary/aromatic N) is 5. The summed E-state index contributed by atoms with van der Waals surface area (Å²) in [5.41, 5.74) is 3.05. The average molecular weight is 435 g/mol. The highest BCUT2D eigenvalue weighted by Gasteiger charge is 2.20. The second kappa shape index (κ2) is 9.57. The van der Waals surface area contributed by atoms with Crippen LogP contribution in [0, 0.1) is 6.92 Å². The normalized spacial score (nSPS) is 10.9. The van der Waals surface area contributed by atoms with Crippen molar-refractivity contribution in [1.82, 2.24) is 30.2 Å². The molecule has 0 fully saturated rings. The Morgan fingerprint density at radius 3 is 2.74 bits per heavy atom. The molecule has 4 aromatic rings. The first-order valence-corrected chi connectivity index (χ1v) is 10.9. The number of aryl methyl sites for hydroxylation is 1. The first kappa shape index (κ1) is 20.8. The summed E-state index contributed by atoms with van der Waals surface area (Å²) < 4.78 is 7.30. The summed E-state index contributed by atoms with van der Waals surface area (Å²) >= 11 is 1.32. The van der Waals surface area contributed by atoms with Gasteiger partial charge in [0.1, 0.15) is 0 Å². The number of amides is 1. The van der Waals surface area contributed by atoms with E-state index in [2.05, 4.69) is 25.7 Å². The number of benzene rings is 2. The maximum Gasteiger partial charge on any atom is 0.296 e. The fourth-order valence-corrected chi connectivity index (χ4v) is 3.86. The predicted octanol–water partition coefficient (Wildman–Crippen LogP) is 3.73. The largest absolute Gasteiger partial charge is 0.351 e. The number of hydrogen-bond donors (Lipinski definition) is 1. The van der Waals surface area contributed by atoms with Crippen LogP contribution in [0.2, 0.25) is 0 Å². The molecule has 0 unspecified atom stereocenters. The van der Waals surface area contributed by atoms with E-state index in [0.717, 1.165) is 16.7 Å². The van der Waals surface area contributed by atoms with Gasteiger partial charge >= 0.3 is 0 Å². The summed E-state index contributed by atoms with van der Waals surface area (Å²) in [6.45, 7) is 5.09. The molecule has 0 aliphatic heterocycles. The lowest BCUT2D eigenvalue weighted by Gasteiger charge is -2.06. The Balaban J connectivity index is 1.42. The van der Waals surface area contributed by atoms with E-state index in [9.17, 15) is 4.79 Å². The second-order valence-corrected chi connectivity index (χ2v) is 7.84. The molecule has 1 N–H and O–H groups in total. The number of carbonyl (C=O) groups is 1. The van der Waals surface area contributed by atoms with E-state index in [1.807, 2.05) is 73.0 Å². The van der Waals surface area contributed by atoms with Crippen molar-refractivity contribution in [1.29, 1.82) is 0 Å². The molecule has 31 heavy (non-hydrogen) atoms. The first-order valence-electron chi connectivity index (χ1n) is 9.91. The standard InChI is InChI=1S/C22H22N6O2S/c1-3-28-20(21-24-19(27-30-21)17-11-7-8-15(2)12-17)25-26-22(28)31-14-18(29)23-13-16-9-5-4-6-10-16/h4-12H,3,13-14H2,1-2H3,(H,23,29). The van der Waals surface area contributed by atoms with Gasteiger partial charge in [0, 0.05) is 18.7 Å². The van der Waals surface area contributed by atoms with Crippen LogP contribution in [0.25, 0.3) is 23.1 Å². The lowest BCUT2D eigenvalue weighted by Crippen LogP contribution is -2.24. The summed E-state index contributed by atoms with van der Waals surface area (Å²) in [7, 11) is 0. The molecule has 0 radical (unpaired) electrons. The summed E-state index contributed by atoms with van der Waals surface area (Å²) in [5.74, 6) is 1.45. The molecule has 0 bridgehead atoms. The number of carbonyl (C=O) groups excluding carboxylic acids is 1. The third-order valence-electron chi connectivity index (χ3n) is 4.59. The highest BCUT2D eigenvalue weighted by atomic mass is 32.2. The molecule has 0 saturated heterocycles. The van der Waals surface area contributed by atoms with Crippen molar-refractivity contribution in [2.45, 2.75) is 32.1 Å². The molecule has 0 aliphatic rings. The Morgan fingerprint density at radius 2 is 1.97 bits per heavy atom. The van der Waals surface area contributed by atoms with E-state index in [1.54, 1.807) is 0 Å². The van der Waals surface area contributed by atoms with Gasteiger partial charge in [-0.15, -0.1) is 10.2 Å². The van der Waals surface area contributed by atoms with Gasteiger partial charge in [-0.25, -0.2) is 0 Å². The third kappa shape index (κ3) is 5.00. The van der Waals surface area contributed by atoms with Gasteiger partial charge in [0.2, 0.25) is 17.6 Å². The van der Waals surface area contributed by atoms with E-state index in [4.69, 9.17) is 4.52 Å². The lowest BCUT2D eigenvalue weighted by molar-refractivity contribution is -0.118. The maximum absolute atomic E-state index is 12.2. The lowest BCUT2D eigenvalue weighted by atomic mass is 10.1. The number of rotatable bonds is 8. The number of thioether (sulfide) groups is 1. The molecule has 2 heterocycles. The molecule has 2 aromatic carbocycles. The van der Waals surface area contributed by atoms with E-state index in [1.165, 1.54) is 11.8 Å². The van der Waals surface area contributed by atoms with Gasteiger partial charge in [-0.2, -0.15) is 4.98 Å². The van der Waals surface area contributed by atoms with Gasteiger partial charge in [0.25, 0.3) is 5.89 Å². The Labute approximate surface area is 184 Å². The quantitative estimate of drug-likeness (QED) is 0.422. The zero-order chi connectivity index (χ0) is 21.6. The SMILES string of the molecule is CCn1c(SCC(=O)NCc2ccccc2)nnc1-c1nc(-c2cccc(C)c2)no1. The average Bonchev–Trinajstić information content (AvgIpc) is 3.43. The molecule has 8 nitrogen and oxygen atoms in total. The van der Waals surface area contributed by atoms with E-state index < -0.39 is 0 Å².